The van der Waals surface area contributed by atoms with Gasteiger partial charge in [0.25, 0.3) is 5.91 Å². The van der Waals surface area contributed by atoms with Crippen molar-refractivity contribution in [2.24, 2.45) is 0 Å². The summed E-state index contributed by atoms with van der Waals surface area (Å²) in [4.78, 5) is 24.4. The molecule has 0 spiro atoms. The van der Waals surface area contributed by atoms with Crippen LogP contribution < -0.4 is 5.32 Å². The highest BCUT2D eigenvalue weighted by Gasteiger charge is 2.22. The Morgan fingerprint density at radius 1 is 1.07 bits per heavy atom. The van der Waals surface area contributed by atoms with Crippen LogP contribution in [0.15, 0.2) is 40.6 Å². The molecule has 1 heterocycles. The van der Waals surface area contributed by atoms with Crippen LogP contribution in [0.3, 0.4) is 0 Å². The number of hydrogen-bond donors (Lipinski definition) is 1. The van der Waals surface area contributed by atoms with Crippen molar-refractivity contribution in [3.63, 3.8) is 0 Å². The molecule has 7 nitrogen and oxygen atoms in total. The number of amides is 1. The maximum absolute atomic E-state index is 12.5. The van der Waals surface area contributed by atoms with Crippen molar-refractivity contribution >= 4 is 38.2 Å². The summed E-state index contributed by atoms with van der Waals surface area (Å²) in [6.45, 7) is 6.23. The van der Waals surface area contributed by atoms with E-state index in [0.717, 1.165) is 0 Å². The van der Waals surface area contributed by atoms with Crippen LogP contribution >= 0.6 is 11.3 Å². The van der Waals surface area contributed by atoms with Crippen molar-refractivity contribution in [2.75, 3.05) is 25.0 Å². The molecule has 146 valence electrons. The van der Waals surface area contributed by atoms with E-state index in [2.05, 4.69) is 5.32 Å². The zero-order chi connectivity index (χ0) is 20.0. The lowest BCUT2D eigenvalue weighted by atomic mass is 10.2. The number of benzene rings is 1. The van der Waals surface area contributed by atoms with Gasteiger partial charge in [0.2, 0.25) is 10.0 Å². The fourth-order valence-corrected chi connectivity index (χ4v) is 4.67. The first-order valence-corrected chi connectivity index (χ1v) is 10.8. The molecular formula is C18H22N2O5S2. The average molecular weight is 411 g/mol. The van der Waals surface area contributed by atoms with Crippen LogP contribution in [0.5, 0.6) is 0 Å². The number of rotatable bonds is 8. The third kappa shape index (κ3) is 4.74. The monoisotopic (exact) mass is 410 g/mol. The van der Waals surface area contributed by atoms with Crippen LogP contribution in [-0.4, -0.2) is 44.3 Å². The normalized spacial score (nSPS) is 11.4. The molecule has 0 atom stereocenters. The third-order valence-electron chi connectivity index (χ3n) is 3.85. The molecule has 0 fully saturated rings. The second-order valence-electron chi connectivity index (χ2n) is 5.45. The number of nitrogens with one attached hydrogen (secondary N) is 1. The lowest BCUT2D eigenvalue weighted by Gasteiger charge is -2.18. The first kappa shape index (κ1) is 21.1. The Labute approximate surface area is 163 Å². The number of hydrogen-bond acceptors (Lipinski definition) is 6. The predicted molar refractivity (Wildman–Crippen MR) is 105 cm³/mol. The molecule has 1 amide bonds. The number of nitrogens with zero attached hydrogens (tertiary/aromatic N) is 1. The highest BCUT2D eigenvalue weighted by atomic mass is 32.2. The van der Waals surface area contributed by atoms with Gasteiger partial charge in [0.05, 0.1) is 17.1 Å². The Bertz CT molecular complexity index is 900. The van der Waals surface area contributed by atoms with E-state index in [1.165, 1.54) is 39.9 Å². The Kier molecular flexibility index (Phi) is 7.11. The molecule has 0 aliphatic carbocycles. The van der Waals surface area contributed by atoms with E-state index >= 15 is 0 Å². The topological polar surface area (TPSA) is 92.8 Å². The molecule has 0 bridgehead atoms. The van der Waals surface area contributed by atoms with E-state index in [-0.39, 0.29) is 22.6 Å². The lowest BCUT2D eigenvalue weighted by molar-refractivity contribution is 0.0528. The standard InChI is InChI=1S/C18H22N2O5S2/c1-4-20(5-2)27(23,24)14-9-7-13(8-10-14)16(21)19-17-15(11-12-26-17)18(22)25-6-3/h7-12H,4-6H2,1-3H3,(H,19,21). The minimum Gasteiger partial charge on any atom is -0.462 e. The van der Waals surface area contributed by atoms with Crippen molar-refractivity contribution in [3.8, 4) is 0 Å². The predicted octanol–water partition coefficient (Wildman–Crippen LogP) is 3.21. The first-order valence-electron chi connectivity index (χ1n) is 8.51. The van der Waals surface area contributed by atoms with E-state index in [4.69, 9.17) is 4.74 Å². The Morgan fingerprint density at radius 2 is 1.70 bits per heavy atom. The minimum atomic E-state index is -3.58. The van der Waals surface area contributed by atoms with Gasteiger partial charge in [-0.15, -0.1) is 11.3 Å². The largest absolute Gasteiger partial charge is 0.462 e. The summed E-state index contributed by atoms with van der Waals surface area (Å²) >= 11 is 1.21. The van der Waals surface area contributed by atoms with Gasteiger partial charge >= 0.3 is 5.97 Å². The highest BCUT2D eigenvalue weighted by Crippen LogP contribution is 2.25. The summed E-state index contributed by atoms with van der Waals surface area (Å²) in [7, 11) is -3.58. The van der Waals surface area contributed by atoms with Gasteiger partial charge in [-0.05, 0) is 42.6 Å². The van der Waals surface area contributed by atoms with Crippen molar-refractivity contribution in [2.45, 2.75) is 25.7 Å². The molecule has 1 aromatic carbocycles. The molecule has 1 aromatic heterocycles. The summed E-state index contributed by atoms with van der Waals surface area (Å²) in [5.41, 5.74) is 0.577. The van der Waals surface area contributed by atoms with Crippen molar-refractivity contribution in [1.82, 2.24) is 4.31 Å². The van der Waals surface area contributed by atoms with Crippen LogP contribution in [-0.2, 0) is 14.8 Å². The van der Waals surface area contributed by atoms with Crippen molar-refractivity contribution < 1.29 is 22.7 Å². The van der Waals surface area contributed by atoms with E-state index in [1.807, 2.05) is 0 Å². The quantitative estimate of drug-likeness (QED) is 0.675. The maximum atomic E-state index is 12.5. The number of sulfonamides is 1. The smallest absolute Gasteiger partial charge is 0.341 e. The van der Waals surface area contributed by atoms with Gasteiger partial charge in [0.15, 0.2) is 0 Å². The molecule has 2 aromatic rings. The molecule has 0 aliphatic heterocycles. The van der Waals surface area contributed by atoms with Crippen molar-refractivity contribution in [1.29, 1.82) is 0 Å². The Hall–Kier alpha value is -2.23. The van der Waals surface area contributed by atoms with Gasteiger partial charge in [-0.3, -0.25) is 4.79 Å². The molecule has 2 rings (SSSR count). The van der Waals surface area contributed by atoms with Gasteiger partial charge in [-0.2, -0.15) is 4.31 Å². The zero-order valence-electron chi connectivity index (χ0n) is 15.4. The molecular weight excluding hydrogens is 388 g/mol. The van der Waals surface area contributed by atoms with E-state index in [0.29, 0.717) is 18.1 Å². The van der Waals surface area contributed by atoms with Crippen LogP contribution in [0.1, 0.15) is 41.5 Å². The Morgan fingerprint density at radius 3 is 2.26 bits per heavy atom. The molecule has 0 unspecified atom stereocenters. The number of ether oxygens (including phenoxy) is 1. The number of thiophene rings is 1. The fourth-order valence-electron chi connectivity index (χ4n) is 2.44. The number of carbonyl (C=O) groups excluding carboxylic acids is 2. The first-order chi connectivity index (χ1) is 12.8. The number of carbonyl (C=O) groups is 2. The van der Waals surface area contributed by atoms with Gasteiger partial charge < -0.3 is 10.1 Å². The summed E-state index contributed by atoms with van der Waals surface area (Å²) in [5, 5.41) is 4.74. The molecule has 0 saturated carbocycles. The Balaban J connectivity index is 2.18. The van der Waals surface area contributed by atoms with E-state index in [1.54, 1.807) is 32.2 Å². The lowest BCUT2D eigenvalue weighted by Crippen LogP contribution is -2.30. The summed E-state index contributed by atoms with van der Waals surface area (Å²) in [6.07, 6.45) is 0. The average Bonchev–Trinajstić information content (AvgIpc) is 3.11. The van der Waals surface area contributed by atoms with Crippen LogP contribution in [0, 0.1) is 0 Å². The molecule has 0 radical (unpaired) electrons. The van der Waals surface area contributed by atoms with Gasteiger partial charge in [-0.25, -0.2) is 13.2 Å². The second kappa shape index (κ2) is 9.12. The molecule has 27 heavy (non-hydrogen) atoms. The summed E-state index contributed by atoms with van der Waals surface area (Å²) in [5.74, 6) is -0.940. The molecule has 0 aliphatic rings. The van der Waals surface area contributed by atoms with E-state index < -0.39 is 21.9 Å². The fraction of sp³-hybridized carbons (Fsp3) is 0.333. The molecule has 9 heteroatoms. The van der Waals surface area contributed by atoms with Gasteiger partial charge in [-0.1, -0.05) is 13.8 Å². The van der Waals surface area contributed by atoms with E-state index in [9.17, 15) is 18.0 Å². The van der Waals surface area contributed by atoms with Crippen LogP contribution in [0.25, 0.3) is 0 Å². The molecule has 0 saturated heterocycles. The van der Waals surface area contributed by atoms with Gasteiger partial charge in [0.1, 0.15) is 5.00 Å². The second-order valence-corrected chi connectivity index (χ2v) is 8.31. The SMILES string of the molecule is CCOC(=O)c1ccsc1NC(=O)c1ccc(S(=O)(=O)N(CC)CC)cc1. The van der Waals surface area contributed by atoms with Gasteiger partial charge in [0, 0.05) is 18.7 Å². The summed E-state index contributed by atoms with van der Waals surface area (Å²) in [6, 6.07) is 7.29. The number of esters is 1. The zero-order valence-corrected chi connectivity index (χ0v) is 17.0. The van der Waals surface area contributed by atoms with Crippen LogP contribution in [0.4, 0.5) is 5.00 Å². The number of anilines is 1. The third-order valence-corrected chi connectivity index (χ3v) is 6.74. The van der Waals surface area contributed by atoms with Crippen molar-refractivity contribution in [3.05, 3.63) is 46.8 Å². The minimum absolute atomic E-state index is 0.131. The maximum Gasteiger partial charge on any atom is 0.341 e. The summed E-state index contributed by atoms with van der Waals surface area (Å²) < 4.78 is 31.3. The highest BCUT2D eigenvalue weighted by molar-refractivity contribution is 7.89. The van der Waals surface area contributed by atoms with Crippen LogP contribution in [0.2, 0.25) is 0 Å². The molecule has 1 N–H and O–H groups in total.